The SMILES string of the molecule is CN(CCOc1ccccc1OCC(F)(F)F)CC1CCc2ccccc2N1C(=O)C1CCCCC1. The van der Waals surface area contributed by atoms with Gasteiger partial charge in [-0.05, 0) is 56.5 Å². The van der Waals surface area contributed by atoms with Crippen molar-refractivity contribution in [1.82, 2.24) is 4.90 Å². The number of hydrogen-bond acceptors (Lipinski definition) is 4. The zero-order valence-corrected chi connectivity index (χ0v) is 20.8. The van der Waals surface area contributed by atoms with E-state index in [1.807, 2.05) is 24.1 Å². The van der Waals surface area contributed by atoms with E-state index in [1.54, 1.807) is 18.2 Å². The summed E-state index contributed by atoms with van der Waals surface area (Å²) in [5.74, 6) is 0.697. The summed E-state index contributed by atoms with van der Waals surface area (Å²) in [6, 6.07) is 14.7. The minimum absolute atomic E-state index is 0.0710. The second kappa shape index (κ2) is 12.0. The Morgan fingerprint density at radius 2 is 1.64 bits per heavy atom. The molecule has 8 heteroatoms. The average molecular weight is 505 g/mol. The van der Waals surface area contributed by atoms with Gasteiger partial charge in [0.05, 0.1) is 0 Å². The summed E-state index contributed by atoms with van der Waals surface area (Å²) in [4.78, 5) is 17.8. The molecule has 0 saturated heterocycles. The van der Waals surface area contributed by atoms with Gasteiger partial charge < -0.3 is 19.3 Å². The lowest BCUT2D eigenvalue weighted by Crippen LogP contribution is -2.51. The number of aryl methyl sites for hydroxylation is 1. The number of amides is 1. The summed E-state index contributed by atoms with van der Waals surface area (Å²) >= 11 is 0. The smallest absolute Gasteiger partial charge is 0.422 e. The van der Waals surface area contributed by atoms with Crippen LogP contribution in [0.15, 0.2) is 48.5 Å². The molecule has 4 rings (SSSR count). The first-order chi connectivity index (χ1) is 17.3. The lowest BCUT2D eigenvalue weighted by atomic mass is 9.86. The van der Waals surface area contributed by atoms with Crippen LogP contribution in [-0.2, 0) is 11.2 Å². The molecule has 1 aliphatic heterocycles. The molecule has 1 fully saturated rings. The third kappa shape index (κ3) is 6.93. The number of alkyl halides is 3. The fourth-order valence-corrected chi connectivity index (χ4v) is 5.23. The van der Waals surface area contributed by atoms with E-state index in [2.05, 4.69) is 17.0 Å². The molecule has 5 nitrogen and oxygen atoms in total. The Bertz CT molecular complexity index is 1010. The van der Waals surface area contributed by atoms with E-state index in [-0.39, 0.29) is 29.4 Å². The van der Waals surface area contributed by atoms with Crippen molar-refractivity contribution in [1.29, 1.82) is 0 Å². The van der Waals surface area contributed by atoms with E-state index in [0.717, 1.165) is 44.2 Å². The van der Waals surface area contributed by atoms with E-state index in [1.165, 1.54) is 18.1 Å². The van der Waals surface area contributed by atoms with E-state index < -0.39 is 12.8 Å². The van der Waals surface area contributed by atoms with Crippen LogP contribution in [0.25, 0.3) is 0 Å². The molecular formula is C28H35F3N2O3. The molecule has 1 aliphatic carbocycles. The first-order valence-corrected chi connectivity index (χ1v) is 12.8. The van der Waals surface area contributed by atoms with Crippen molar-refractivity contribution in [2.75, 3.05) is 38.3 Å². The number of para-hydroxylation sites is 3. The molecule has 0 spiro atoms. The third-order valence-corrected chi connectivity index (χ3v) is 7.05. The minimum atomic E-state index is -4.41. The number of rotatable bonds is 9. The number of ether oxygens (including phenoxy) is 2. The molecule has 1 heterocycles. The summed E-state index contributed by atoms with van der Waals surface area (Å²) in [6.45, 7) is 0.198. The lowest BCUT2D eigenvalue weighted by Gasteiger charge is -2.41. The second-order valence-electron chi connectivity index (χ2n) is 9.83. The standard InChI is InChI=1S/C28H35F3N2O3/c1-32(17-18-35-25-13-7-8-14-26(25)36-20-28(29,30)31)19-23-16-15-21-9-5-6-12-24(21)33(23)27(34)22-10-3-2-4-11-22/h5-9,12-14,22-23H,2-4,10-11,15-20H2,1H3. The summed E-state index contributed by atoms with van der Waals surface area (Å²) in [7, 11) is 1.99. The van der Waals surface area contributed by atoms with Crippen LogP contribution < -0.4 is 14.4 Å². The van der Waals surface area contributed by atoms with Crippen LogP contribution in [0.5, 0.6) is 11.5 Å². The van der Waals surface area contributed by atoms with Gasteiger partial charge in [0.2, 0.25) is 5.91 Å². The molecule has 196 valence electrons. The van der Waals surface area contributed by atoms with E-state index in [0.29, 0.717) is 19.7 Å². The van der Waals surface area contributed by atoms with Gasteiger partial charge in [-0.25, -0.2) is 0 Å². The maximum absolute atomic E-state index is 13.7. The molecule has 1 atom stereocenters. The summed E-state index contributed by atoms with van der Waals surface area (Å²) in [6.07, 6.45) is 2.78. The van der Waals surface area contributed by atoms with Crippen LogP contribution in [0.1, 0.15) is 44.1 Å². The van der Waals surface area contributed by atoms with Crippen molar-refractivity contribution in [3.05, 3.63) is 54.1 Å². The highest BCUT2D eigenvalue weighted by atomic mass is 19.4. The van der Waals surface area contributed by atoms with Gasteiger partial charge in [-0.15, -0.1) is 0 Å². The Morgan fingerprint density at radius 3 is 2.36 bits per heavy atom. The number of halogens is 3. The maximum atomic E-state index is 13.7. The fourth-order valence-electron chi connectivity index (χ4n) is 5.23. The monoisotopic (exact) mass is 504 g/mol. The Morgan fingerprint density at radius 1 is 0.972 bits per heavy atom. The number of carbonyl (C=O) groups is 1. The highest BCUT2D eigenvalue weighted by Crippen LogP contribution is 2.35. The molecule has 0 bridgehead atoms. The van der Waals surface area contributed by atoms with Gasteiger partial charge in [0.15, 0.2) is 18.1 Å². The summed E-state index contributed by atoms with van der Waals surface area (Å²) in [5, 5.41) is 0. The van der Waals surface area contributed by atoms with Crippen LogP contribution in [0.2, 0.25) is 0 Å². The number of hydrogen-bond donors (Lipinski definition) is 0. The Hall–Kier alpha value is -2.74. The van der Waals surface area contributed by atoms with Crippen molar-refractivity contribution in [2.45, 2.75) is 57.2 Å². The van der Waals surface area contributed by atoms with Crippen LogP contribution in [0, 0.1) is 5.92 Å². The Kier molecular flexibility index (Phi) is 8.77. The number of benzene rings is 2. The van der Waals surface area contributed by atoms with E-state index >= 15 is 0 Å². The van der Waals surface area contributed by atoms with E-state index in [9.17, 15) is 18.0 Å². The number of likely N-dealkylation sites (N-methyl/N-ethyl adjacent to an activating group) is 1. The zero-order chi connectivity index (χ0) is 25.5. The Labute approximate surface area is 211 Å². The second-order valence-corrected chi connectivity index (χ2v) is 9.83. The van der Waals surface area contributed by atoms with Gasteiger partial charge in [0, 0.05) is 30.7 Å². The predicted molar refractivity (Wildman–Crippen MR) is 134 cm³/mol. The van der Waals surface area contributed by atoms with Gasteiger partial charge in [-0.1, -0.05) is 49.6 Å². The molecule has 0 radical (unpaired) electrons. The first-order valence-electron chi connectivity index (χ1n) is 12.8. The molecule has 1 amide bonds. The molecule has 2 aliphatic rings. The summed E-state index contributed by atoms with van der Waals surface area (Å²) in [5.41, 5.74) is 2.25. The lowest BCUT2D eigenvalue weighted by molar-refractivity contribution is -0.153. The fraction of sp³-hybridized carbons (Fsp3) is 0.536. The molecule has 2 aromatic carbocycles. The van der Waals surface area contributed by atoms with Crippen molar-refractivity contribution in [3.63, 3.8) is 0 Å². The highest BCUT2D eigenvalue weighted by molar-refractivity contribution is 5.97. The largest absolute Gasteiger partial charge is 0.488 e. The topological polar surface area (TPSA) is 42.0 Å². The van der Waals surface area contributed by atoms with Gasteiger partial charge >= 0.3 is 6.18 Å². The molecule has 1 saturated carbocycles. The van der Waals surface area contributed by atoms with Crippen molar-refractivity contribution in [3.8, 4) is 11.5 Å². The van der Waals surface area contributed by atoms with E-state index in [4.69, 9.17) is 9.47 Å². The molecule has 0 aromatic heterocycles. The van der Waals surface area contributed by atoms with Crippen LogP contribution in [0.4, 0.5) is 18.9 Å². The van der Waals surface area contributed by atoms with Gasteiger partial charge in [-0.3, -0.25) is 4.79 Å². The summed E-state index contributed by atoms with van der Waals surface area (Å²) < 4.78 is 48.3. The van der Waals surface area contributed by atoms with Gasteiger partial charge in [0.1, 0.15) is 6.61 Å². The van der Waals surface area contributed by atoms with Crippen molar-refractivity contribution in [2.24, 2.45) is 5.92 Å². The molecule has 1 unspecified atom stereocenters. The van der Waals surface area contributed by atoms with Crippen LogP contribution in [0.3, 0.4) is 0 Å². The normalized spacial score (nSPS) is 18.7. The predicted octanol–water partition coefficient (Wildman–Crippen LogP) is 5.87. The number of carbonyl (C=O) groups excluding carboxylic acids is 1. The van der Waals surface area contributed by atoms with Crippen LogP contribution >= 0.6 is 0 Å². The van der Waals surface area contributed by atoms with Gasteiger partial charge in [-0.2, -0.15) is 13.2 Å². The molecule has 0 N–H and O–H groups in total. The number of nitrogens with zero attached hydrogens (tertiary/aromatic N) is 2. The quantitative estimate of drug-likeness (QED) is 0.429. The highest BCUT2D eigenvalue weighted by Gasteiger charge is 2.35. The Balaban J connectivity index is 1.37. The van der Waals surface area contributed by atoms with Gasteiger partial charge in [0.25, 0.3) is 0 Å². The van der Waals surface area contributed by atoms with Crippen LogP contribution in [-0.4, -0.2) is 56.4 Å². The molecule has 2 aromatic rings. The molecule has 36 heavy (non-hydrogen) atoms. The van der Waals surface area contributed by atoms with Crippen molar-refractivity contribution >= 4 is 11.6 Å². The number of fused-ring (bicyclic) bond motifs is 1. The molecular weight excluding hydrogens is 469 g/mol. The third-order valence-electron chi connectivity index (χ3n) is 7.05. The minimum Gasteiger partial charge on any atom is -0.488 e. The maximum Gasteiger partial charge on any atom is 0.422 e. The average Bonchev–Trinajstić information content (AvgIpc) is 2.87. The van der Waals surface area contributed by atoms with Crippen molar-refractivity contribution < 1.29 is 27.4 Å². The number of anilines is 1. The first kappa shape index (κ1) is 26.3. The zero-order valence-electron chi connectivity index (χ0n) is 20.8.